The van der Waals surface area contributed by atoms with Gasteiger partial charge in [0, 0.05) is 36.6 Å². The van der Waals surface area contributed by atoms with Crippen LogP contribution in [0.15, 0.2) is 24.0 Å². The molecular weight excluding hydrogens is 284 g/mol. The van der Waals surface area contributed by atoms with Gasteiger partial charge in [-0.3, -0.25) is 14.9 Å². The van der Waals surface area contributed by atoms with Crippen molar-refractivity contribution in [2.45, 2.75) is 32.4 Å². The van der Waals surface area contributed by atoms with E-state index in [9.17, 15) is 0 Å². The van der Waals surface area contributed by atoms with Crippen molar-refractivity contribution in [2.24, 2.45) is 0 Å². The second-order valence-corrected chi connectivity index (χ2v) is 6.23. The predicted octanol–water partition coefficient (Wildman–Crippen LogP) is 2.08. The maximum Gasteiger partial charge on any atom is 0.107 e. The summed E-state index contributed by atoms with van der Waals surface area (Å²) >= 11 is 1.72. The van der Waals surface area contributed by atoms with E-state index in [4.69, 9.17) is 4.74 Å². The molecule has 0 bridgehead atoms. The highest BCUT2D eigenvalue weighted by atomic mass is 32.1. The summed E-state index contributed by atoms with van der Waals surface area (Å²) in [6.45, 7) is 5.53. The van der Waals surface area contributed by atoms with Gasteiger partial charge in [-0.1, -0.05) is 0 Å². The van der Waals surface area contributed by atoms with Crippen LogP contribution in [0.25, 0.3) is 0 Å². The third kappa shape index (κ3) is 3.84. The van der Waals surface area contributed by atoms with Gasteiger partial charge in [0.15, 0.2) is 0 Å². The van der Waals surface area contributed by atoms with Crippen molar-refractivity contribution >= 4 is 11.3 Å². The molecule has 21 heavy (non-hydrogen) atoms. The van der Waals surface area contributed by atoms with Gasteiger partial charge < -0.3 is 4.74 Å². The zero-order valence-electron chi connectivity index (χ0n) is 12.2. The maximum atomic E-state index is 5.66. The number of hydrogen-bond donors (Lipinski definition) is 0. The normalized spacial score (nSPS) is 19.8. The molecule has 6 heteroatoms. The van der Waals surface area contributed by atoms with Crippen LogP contribution in [0.3, 0.4) is 0 Å². The van der Waals surface area contributed by atoms with Crippen LogP contribution in [0.5, 0.6) is 0 Å². The third-order valence-corrected chi connectivity index (χ3v) is 4.63. The summed E-state index contributed by atoms with van der Waals surface area (Å²) in [5.74, 6) is 0. The van der Waals surface area contributed by atoms with Crippen molar-refractivity contribution in [3.05, 3.63) is 40.4 Å². The van der Waals surface area contributed by atoms with Gasteiger partial charge in [0.1, 0.15) is 5.01 Å². The van der Waals surface area contributed by atoms with Gasteiger partial charge in [0.05, 0.1) is 31.1 Å². The Labute approximate surface area is 129 Å². The average molecular weight is 304 g/mol. The van der Waals surface area contributed by atoms with Crippen LogP contribution in [0.1, 0.15) is 22.8 Å². The molecule has 0 unspecified atom stereocenters. The molecule has 3 rings (SSSR count). The molecule has 0 spiro atoms. The highest BCUT2D eigenvalue weighted by Crippen LogP contribution is 2.18. The number of hydrogen-bond acceptors (Lipinski definition) is 6. The lowest BCUT2D eigenvalue weighted by molar-refractivity contribution is -0.0144. The first-order valence-electron chi connectivity index (χ1n) is 7.29. The van der Waals surface area contributed by atoms with Crippen LogP contribution in [0.4, 0.5) is 0 Å². The molecule has 1 fully saturated rings. The number of nitrogens with zero attached hydrogens (tertiary/aromatic N) is 4. The Kier molecular flexibility index (Phi) is 4.90. The molecule has 112 valence electrons. The Morgan fingerprint density at radius 2 is 2.19 bits per heavy atom. The van der Waals surface area contributed by atoms with Crippen molar-refractivity contribution in [1.82, 2.24) is 19.9 Å². The molecule has 0 amide bonds. The first-order valence-corrected chi connectivity index (χ1v) is 8.17. The predicted molar refractivity (Wildman–Crippen MR) is 82.2 cm³/mol. The SMILES string of the molecule is Cc1nccnc1CC[C@H]1COCCN1Cc1nccs1. The van der Waals surface area contributed by atoms with E-state index < -0.39 is 0 Å². The topological polar surface area (TPSA) is 51.1 Å². The molecule has 5 nitrogen and oxygen atoms in total. The summed E-state index contributed by atoms with van der Waals surface area (Å²) in [5.41, 5.74) is 2.12. The second-order valence-electron chi connectivity index (χ2n) is 5.25. The molecule has 2 aromatic heterocycles. The molecule has 1 saturated heterocycles. The van der Waals surface area contributed by atoms with Crippen LogP contribution in [-0.2, 0) is 17.7 Å². The van der Waals surface area contributed by atoms with Gasteiger partial charge in [-0.05, 0) is 19.8 Å². The van der Waals surface area contributed by atoms with E-state index in [2.05, 4.69) is 19.9 Å². The molecule has 1 aliphatic heterocycles. The Balaban J connectivity index is 1.60. The monoisotopic (exact) mass is 304 g/mol. The van der Waals surface area contributed by atoms with Gasteiger partial charge in [0.2, 0.25) is 0 Å². The summed E-state index contributed by atoms with van der Waals surface area (Å²) in [6, 6.07) is 0.434. The fraction of sp³-hybridized carbons (Fsp3) is 0.533. The van der Waals surface area contributed by atoms with Gasteiger partial charge in [-0.25, -0.2) is 4.98 Å². The molecule has 0 N–H and O–H groups in total. The Bertz CT molecular complexity index is 561. The number of morpholine rings is 1. The number of rotatable bonds is 5. The van der Waals surface area contributed by atoms with E-state index in [1.165, 1.54) is 5.01 Å². The fourth-order valence-corrected chi connectivity index (χ4v) is 3.29. The van der Waals surface area contributed by atoms with Gasteiger partial charge in [-0.15, -0.1) is 11.3 Å². The molecular formula is C15H20N4OS. The van der Waals surface area contributed by atoms with Crippen LogP contribution in [0, 0.1) is 6.92 Å². The van der Waals surface area contributed by atoms with E-state index in [1.807, 2.05) is 18.5 Å². The summed E-state index contributed by atoms with van der Waals surface area (Å²) in [5, 5.41) is 3.21. The molecule has 1 aliphatic rings. The quantitative estimate of drug-likeness (QED) is 0.846. The molecule has 2 aromatic rings. The Hall–Kier alpha value is -1.37. The second kappa shape index (κ2) is 7.06. The van der Waals surface area contributed by atoms with Gasteiger partial charge in [0.25, 0.3) is 0 Å². The lowest BCUT2D eigenvalue weighted by atomic mass is 10.1. The number of ether oxygens (including phenoxy) is 1. The van der Waals surface area contributed by atoms with Crippen molar-refractivity contribution < 1.29 is 4.74 Å². The smallest absolute Gasteiger partial charge is 0.107 e. The number of thiazole rings is 1. The van der Waals surface area contributed by atoms with Crippen molar-refractivity contribution in [2.75, 3.05) is 19.8 Å². The maximum absolute atomic E-state index is 5.66. The van der Waals surface area contributed by atoms with E-state index in [0.29, 0.717) is 6.04 Å². The first-order chi connectivity index (χ1) is 10.3. The standard InChI is InChI=1S/C15H20N4OS/c1-12-14(17-5-4-16-12)3-2-13-11-20-8-7-19(13)10-15-18-6-9-21-15/h4-6,9,13H,2-3,7-8,10-11H2,1H3/t13-/m0/s1. The van der Waals surface area contributed by atoms with Gasteiger partial charge >= 0.3 is 0 Å². The molecule has 0 aliphatic carbocycles. The summed E-state index contributed by atoms with van der Waals surface area (Å²) in [4.78, 5) is 15.6. The van der Waals surface area contributed by atoms with Gasteiger partial charge in [-0.2, -0.15) is 0 Å². The van der Waals surface area contributed by atoms with Crippen molar-refractivity contribution in [1.29, 1.82) is 0 Å². The third-order valence-electron chi connectivity index (χ3n) is 3.87. The van der Waals surface area contributed by atoms with Crippen molar-refractivity contribution in [3.63, 3.8) is 0 Å². The van der Waals surface area contributed by atoms with E-state index >= 15 is 0 Å². The molecule has 3 heterocycles. The summed E-state index contributed by atoms with van der Waals surface area (Å²) in [6.07, 6.45) is 7.38. The lowest BCUT2D eigenvalue weighted by Crippen LogP contribution is -2.45. The van der Waals surface area contributed by atoms with Crippen LogP contribution in [-0.4, -0.2) is 45.7 Å². The largest absolute Gasteiger partial charge is 0.378 e. The fourth-order valence-electron chi connectivity index (χ4n) is 2.65. The highest BCUT2D eigenvalue weighted by molar-refractivity contribution is 7.09. The molecule has 0 aromatic carbocycles. The van der Waals surface area contributed by atoms with Crippen LogP contribution in [0.2, 0.25) is 0 Å². The first kappa shape index (κ1) is 14.6. The van der Waals surface area contributed by atoms with Crippen molar-refractivity contribution in [3.8, 4) is 0 Å². The summed E-state index contributed by atoms with van der Waals surface area (Å²) in [7, 11) is 0. The molecule has 0 saturated carbocycles. The van der Waals surface area contributed by atoms with Crippen LogP contribution >= 0.6 is 11.3 Å². The zero-order valence-corrected chi connectivity index (χ0v) is 13.1. The molecule has 0 radical (unpaired) electrons. The lowest BCUT2D eigenvalue weighted by Gasteiger charge is -2.35. The van der Waals surface area contributed by atoms with E-state index in [-0.39, 0.29) is 0 Å². The number of aromatic nitrogens is 3. The zero-order chi connectivity index (χ0) is 14.5. The summed E-state index contributed by atoms with van der Waals surface area (Å²) < 4.78 is 5.66. The number of aryl methyl sites for hydroxylation is 2. The highest BCUT2D eigenvalue weighted by Gasteiger charge is 2.23. The van der Waals surface area contributed by atoms with Crippen LogP contribution < -0.4 is 0 Å². The Morgan fingerprint density at radius 3 is 3.00 bits per heavy atom. The van der Waals surface area contributed by atoms with E-state index in [1.54, 1.807) is 23.7 Å². The molecule has 1 atom stereocenters. The minimum atomic E-state index is 0.434. The van der Waals surface area contributed by atoms with E-state index in [0.717, 1.165) is 50.5 Å². The average Bonchev–Trinajstić information content (AvgIpc) is 3.01. The Morgan fingerprint density at radius 1 is 1.29 bits per heavy atom. The minimum Gasteiger partial charge on any atom is -0.378 e. The minimum absolute atomic E-state index is 0.434.